The van der Waals surface area contributed by atoms with Crippen molar-refractivity contribution in [3.8, 4) is 0 Å². The lowest BCUT2D eigenvalue weighted by Gasteiger charge is -2.12. The summed E-state index contributed by atoms with van der Waals surface area (Å²) >= 11 is 6.24. The summed E-state index contributed by atoms with van der Waals surface area (Å²) in [6, 6.07) is 15.8. The molecule has 0 radical (unpaired) electrons. The molecular weight excluding hydrogens is 362 g/mol. The molecule has 2 aromatic carbocycles. The summed E-state index contributed by atoms with van der Waals surface area (Å²) in [5.41, 5.74) is 3.54. The first-order valence-electron chi connectivity index (χ1n) is 8.34. The zero-order valence-corrected chi connectivity index (χ0v) is 15.7. The quantitative estimate of drug-likeness (QED) is 0.680. The molecule has 0 saturated heterocycles. The molecule has 2 amide bonds. The number of halogens is 1. The number of nitrogens with one attached hydrogen (secondary N) is 2. The number of carbonyl (C=O) groups is 2. The molecule has 0 atom stereocenters. The third-order valence-corrected chi connectivity index (χ3v) is 4.25. The van der Waals surface area contributed by atoms with Gasteiger partial charge in [-0.15, -0.1) is 0 Å². The van der Waals surface area contributed by atoms with Gasteiger partial charge in [-0.3, -0.25) is 14.6 Å². The van der Waals surface area contributed by atoms with Crippen LogP contribution < -0.4 is 10.6 Å². The predicted octanol–water partition coefficient (Wildman–Crippen LogP) is 4.86. The van der Waals surface area contributed by atoms with Gasteiger partial charge in [0.1, 0.15) is 5.69 Å². The van der Waals surface area contributed by atoms with Crippen LogP contribution in [0.15, 0.2) is 60.8 Å². The molecule has 5 nitrogen and oxygen atoms in total. The topological polar surface area (TPSA) is 71.1 Å². The maximum Gasteiger partial charge on any atom is 0.274 e. The van der Waals surface area contributed by atoms with E-state index in [1.165, 1.54) is 12.3 Å². The summed E-state index contributed by atoms with van der Waals surface area (Å²) in [6.45, 7) is 3.80. The van der Waals surface area contributed by atoms with E-state index in [4.69, 9.17) is 11.6 Å². The fourth-order valence-corrected chi connectivity index (χ4v) is 3.04. The minimum atomic E-state index is -0.432. The van der Waals surface area contributed by atoms with Gasteiger partial charge in [0, 0.05) is 17.4 Å². The van der Waals surface area contributed by atoms with Gasteiger partial charge < -0.3 is 10.6 Å². The second kappa shape index (κ2) is 8.01. The first kappa shape index (κ1) is 18.6. The Morgan fingerprint density at radius 3 is 2.37 bits per heavy atom. The zero-order chi connectivity index (χ0) is 19.4. The highest BCUT2D eigenvalue weighted by Crippen LogP contribution is 2.27. The fourth-order valence-electron chi connectivity index (χ4n) is 2.67. The van der Waals surface area contributed by atoms with Crippen molar-refractivity contribution in [3.05, 3.63) is 88.2 Å². The molecule has 1 aromatic heterocycles. The van der Waals surface area contributed by atoms with Gasteiger partial charge in [0.2, 0.25) is 0 Å². The molecule has 0 aliphatic rings. The van der Waals surface area contributed by atoms with Crippen LogP contribution in [0.25, 0.3) is 0 Å². The molecule has 1 heterocycles. The average molecular weight is 380 g/mol. The number of hydrogen-bond donors (Lipinski definition) is 2. The molecule has 0 saturated carbocycles. The maximum absolute atomic E-state index is 12.6. The molecule has 3 rings (SSSR count). The van der Waals surface area contributed by atoms with Crippen LogP contribution in [0.2, 0.25) is 5.02 Å². The van der Waals surface area contributed by atoms with Gasteiger partial charge in [-0.1, -0.05) is 35.9 Å². The van der Waals surface area contributed by atoms with Crippen molar-refractivity contribution in [2.24, 2.45) is 0 Å². The summed E-state index contributed by atoms with van der Waals surface area (Å²) in [4.78, 5) is 29.0. The van der Waals surface area contributed by atoms with Crippen LogP contribution in [-0.4, -0.2) is 16.8 Å². The molecule has 3 aromatic rings. The number of benzene rings is 2. The Hall–Kier alpha value is -3.18. The normalized spacial score (nSPS) is 10.3. The lowest BCUT2D eigenvalue weighted by Crippen LogP contribution is -2.17. The molecule has 0 bridgehead atoms. The standard InChI is InChI=1S/C21H18ClN3O2/c1-13-10-14(2)19(17(22)11-13)25-21(27)18-12-15(8-9-23-18)20(26)24-16-6-4-3-5-7-16/h3-12H,1-2H3,(H,24,26)(H,25,27). The molecule has 136 valence electrons. The second-order valence-electron chi connectivity index (χ2n) is 6.14. The van der Waals surface area contributed by atoms with E-state index in [1.807, 2.05) is 38.1 Å². The van der Waals surface area contributed by atoms with Gasteiger partial charge in [0.25, 0.3) is 11.8 Å². The highest BCUT2D eigenvalue weighted by atomic mass is 35.5. The van der Waals surface area contributed by atoms with Gasteiger partial charge in [0.05, 0.1) is 10.7 Å². The highest BCUT2D eigenvalue weighted by Gasteiger charge is 2.15. The third kappa shape index (κ3) is 4.51. The number of nitrogens with zero attached hydrogens (tertiary/aromatic N) is 1. The minimum absolute atomic E-state index is 0.131. The molecule has 0 aliphatic heterocycles. The first-order valence-corrected chi connectivity index (χ1v) is 8.72. The van der Waals surface area contributed by atoms with E-state index in [-0.39, 0.29) is 11.6 Å². The van der Waals surface area contributed by atoms with Crippen LogP contribution in [0.4, 0.5) is 11.4 Å². The Labute approximate surface area is 162 Å². The van der Waals surface area contributed by atoms with Crippen LogP contribution in [0.1, 0.15) is 32.0 Å². The van der Waals surface area contributed by atoms with Crippen molar-refractivity contribution >= 4 is 34.8 Å². The summed E-state index contributed by atoms with van der Waals surface area (Å²) in [6.07, 6.45) is 1.43. The number of carbonyl (C=O) groups excluding carboxylic acids is 2. The van der Waals surface area contributed by atoms with Crippen LogP contribution in [0.3, 0.4) is 0 Å². The number of pyridine rings is 1. The number of rotatable bonds is 4. The van der Waals surface area contributed by atoms with Crippen molar-refractivity contribution < 1.29 is 9.59 Å². The highest BCUT2D eigenvalue weighted by molar-refractivity contribution is 6.34. The molecule has 0 fully saturated rings. The van der Waals surface area contributed by atoms with E-state index in [9.17, 15) is 9.59 Å². The Kier molecular flexibility index (Phi) is 5.52. The summed E-state index contributed by atoms with van der Waals surface area (Å²) in [5.74, 6) is -0.750. The second-order valence-corrected chi connectivity index (χ2v) is 6.55. The Morgan fingerprint density at radius 2 is 1.67 bits per heavy atom. The number of amides is 2. The van der Waals surface area contributed by atoms with Crippen molar-refractivity contribution in [1.82, 2.24) is 4.98 Å². The lowest BCUT2D eigenvalue weighted by molar-refractivity contribution is 0.102. The molecule has 0 unspecified atom stereocenters. The SMILES string of the molecule is Cc1cc(C)c(NC(=O)c2cc(C(=O)Nc3ccccc3)ccn2)c(Cl)c1. The number of para-hydroxylation sites is 1. The number of aryl methyl sites for hydroxylation is 2. The van der Waals surface area contributed by atoms with Gasteiger partial charge in [-0.25, -0.2) is 0 Å². The smallest absolute Gasteiger partial charge is 0.274 e. The Balaban J connectivity index is 1.79. The average Bonchev–Trinajstić information content (AvgIpc) is 2.65. The number of aromatic nitrogens is 1. The Bertz CT molecular complexity index is 980. The molecule has 27 heavy (non-hydrogen) atoms. The Morgan fingerprint density at radius 1 is 0.926 bits per heavy atom. The predicted molar refractivity (Wildman–Crippen MR) is 108 cm³/mol. The molecule has 6 heteroatoms. The molecule has 0 aliphatic carbocycles. The van der Waals surface area contributed by atoms with Gasteiger partial charge in [-0.05, 0) is 55.3 Å². The first-order chi connectivity index (χ1) is 12.9. The fraction of sp³-hybridized carbons (Fsp3) is 0.0952. The van der Waals surface area contributed by atoms with E-state index in [1.54, 1.807) is 24.3 Å². The van der Waals surface area contributed by atoms with Gasteiger partial charge >= 0.3 is 0 Å². The third-order valence-electron chi connectivity index (χ3n) is 3.96. The van der Waals surface area contributed by atoms with Crippen LogP contribution in [0, 0.1) is 13.8 Å². The van der Waals surface area contributed by atoms with E-state index < -0.39 is 5.91 Å². The summed E-state index contributed by atoms with van der Waals surface area (Å²) in [5, 5.41) is 6.01. The van der Waals surface area contributed by atoms with Crippen molar-refractivity contribution in [3.63, 3.8) is 0 Å². The minimum Gasteiger partial charge on any atom is -0.322 e. The van der Waals surface area contributed by atoms with E-state index >= 15 is 0 Å². The monoisotopic (exact) mass is 379 g/mol. The van der Waals surface area contributed by atoms with Gasteiger partial charge in [-0.2, -0.15) is 0 Å². The maximum atomic E-state index is 12.6. The van der Waals surface area contributed by atoms with E-state index in [2.05, 4.69) is 15.6 Å². The summed E-state index contributed by atoms with van der Waals surface area (Å²) < 4.78 is 0. The van der Waals surface area contributed by atoms with E-state index in [0.29, 0.717) is 22.0 Å². The summed E-state index contributed by atoms with van der Waals surface area (Å²) in [7, 11) is 0. The van der Waals surface area contributed by atoms with Crippen LogP contribution in [0.5, 0.6) is 0 Å². The van der Waals surface area contributed by atoms with Crippen molar-refractivity contribution in [1.29, 1.82) is 0 Å². The lowest BCUT2D eigenvalue weighted by atomic mass is 10.1. The molecule has 0 spiro atoms. The molecule has 2 N–H and O–H groups in total. The molecular formula is C21H18ClN3O2. The van der Waals surface area contributed by atoms with Gasteiger partial charge in [0.15, 0.2) is 0 Å². The zero-order valence-electron chi connectivity index (χ0n) is 14.9. The van der Waals surface area contributed by atoms with Crippen molar-refractivity contribution in [2.75, 3.05) is 10.6 Å². The largest absolute Gasteiger partial charge is 0.322 e. The number of anilines is 2. The number of hydrogen-bond acceptors (Lipinski definition) is 3. The van der Waals surface area contributed by atoms with Crippen LogP contribution >= 0.6 is 11.6 Å². The van der Waals surface area contributed by atoms with E-state index in [0.717, 1.165) is 11.1 Å². The van der Waals surface area contributed by atoms with Crippen molar-refractivity contribution in [2.45, 2.75) is 13.8 Å². The van der Waals surface area contributed by atoms with Crippen LogP contribution in [-0.2, 0) is 0 Å².